The molecule has 2 aromatic heterocycles. The number of nitrogens with zero attached hydrogens (tertiary/aromatic N) is 3. The van der Waals surface area contributed by atoms with E-state index < -0.39 is 5.91 Å². The summed E-state index contributed by atoms with van der Waals surface area (Å²) in [7, 11) is 4.16. The number of pyridine rings is 1. The first-order valence-electron chi connectivity index (χ1n) is 9.41. The van der Waals surface area contributed by atoms with Crippen LogP contribution in [-0.2, 0) is 4.74 Å². The van der Waals surface area contributed by atoms with Gasteiger partial charge in [0.15, 0.2) is 0 Å². The minimum atomic E-state index is -0.496. The molecule has 0 spiro atoms. The van der Waals surface area contributed by atoms with Gasteiger partial charge >= 0.3 is 0 Å². The molecule has 0 aliphatic carbocycles. The quantitative estimate of drug-likeness (QED) is 0.669. The maximum atomic E-state index is 11.6. The number of fused-ring (bicyclic) bond motifs is 1. The Hall–Kier alpha value is -1.90. The van der Waals surface area contributed by atoms with Crippen LogP contribution in [0.1, 0.15) is 28.9 Å². The number of thiophene rings is 1. The van der Waals surface area contributed by atoms with E-state index >= 15 is 0 Å². The highest BCUT2D eigenvalue weighted by Gasteiger charge is 2.24. The van der Waals surface area contributed by atoms with Crippen LogP contribution in [0.5, 0.6) is 0 Å². The van der Waals surface area contributed by atoms with Gasteiger partial charge in [-0.05, 0) is 51.9 Å². The van der Waals surface area contributed by atoms with E-state index in [1.165, 1.54) is 17.8 Å². The first-order valence-corrected chi connectivity index (χ1v) is 10.2. The first kappa shape index (κ1) is 19.9. The third kappa shape index (κ3) is 4.69. The Morgan fingerprint density at radius 2 is 2.30 bits per heavy atom. The lowest BCUT2D eigenvalue weighted by molar-refractivity contribution is 0.0880. The van der Waals surface area contributed by atoms with Crippen LogP contribution in [0.3, 0.4) is 0 Å². The van der Waals surface area contributed by atoms with Crippen molar-refractivity contribution in [3.05, 3.63) is 17.1 Å². The summed E-state index contributed by atoms with van der Waals surface area (Å²) in [5.74, 6) is 0.000822. The second-order valence-corrected chi connectivity index (χ2v) is 8.40. The van der Waals surface area contributed by atoms with Gasteiger partial charge in [0.05, 0.1) is 23.4 Å². The van der Waals surface area contributed by atoms with Gasteiger partial charge < -0.3 is 26.0 Å². The van der Waals surface area contributed by atoms with Gasteiger partial charge in [0.1, 0.15) is 9.71 Å². The number of piperidine rings is 1. The molecule has 1 aliphatic heterocycles. The summed E-state index contributed by atoms with van der Waals surface area (Å²) in [4.78, 5) is 21.7. The summed E-state index contributed by atoms with van der Waals surface area (Å²) in [5, 5.41) is 0.851. The summed E-state index contributed by atoms with van der Waals surface area (Å²) in [6.45, 7) is 4.52. The Morgan fingerprint density at radius 3 is 3.04 bits per heavy atom. The van der Waals surface area contributed by atoms with E-state index in [9.17, 15) is 4.79 Å². The molecule has 1 unspecified atom stereocenters. The fraction of sp³-hybridized carbons (Fsp3) is 0.579. The van der Waals surface area contributed by atoms with Crippen molar-refractivity contribution in [3.8, 4) is 0 Å². The number of primary amides is 1. The molecule has 7 nitrogen and oxygen atoms in total. The fourth-order valence-electron chi connectivity index (χ4n) is 3.63. The number of amides is 1. The zero-order valence-electron chi connectivity index (χ0n) is 16.1. The van der Waals surface area contributed by atoms with Crippen molar-refractivity contribution in [1.29, 1.82) is 0 Å². The summed E-state index contributed by atoms with van der Waals surface area (Å²) in [5.41, 5.74) is 13.2. The van der Waals surface area contributed by atoms with Crippen LogP contribution in [0.2, 0.25) is 0 Å². The Labute approximate surface area is 164 Å². The van der Waals surface area contributed by atoms with E-state index in [4.69, 9.17) is 16.2 Å². The SMILES string of the molecule is CN(C)CCCOCC1CCCN(c2ccnc3sc(C(N)=O)c(N)c23)C1. The van der Waals surface area contributed by atoms with Crippen molar-refractivity contribution in [1.82, 2.24) is 9.88 Å². The molecule has 3 rings (SSSR count). The number of carbonyl (C=O) groups excluding carboxylic acids is 1. The van der Waals surface area contributed by atoms with Gasteiger partial charge in [-0.25, -0.2) is 4.98 Å². The summed E-state index contributed by atoms with van der Waals surface area (Å²) in [6.07, 6.45) is 5.11. The van der Waals surface area contributed by atoms with Crippen molar-refractivity contribution in [2.24, 2.45) is 11.7 Å². The summed E-state index contributed by atoms with van der Waals surface area (Å²) in [6, 6.07) is 1.98. The number of nitrogens with two attached hydrogens (primary N) is 2. The van der Waals surface area contributed by atoms with Crippen molar-refractivity contribution in [3.63, 3.8) is 0 Å². The van der Waals surface area contributed by atoms with Gasteiger partial charge in [-0.1, -0.05) is 0 Å². The molecule has 148 valence electrons. The van der Waals surface area contributed by atoms with Crippen molar-refractivity contribution < 1.29 is 9.53 Å². The lowest BCUT2D eigenvalue weighted by Gasteiger charge is -2.34. The van der Waals surface area contributed by atoms with Crippen LogP contribution in [0.25, 0.3) is 10.2 Å². The molecule has 4 N–H and O–H groups in total. The van der Waals surface area contributed by atoms with Gasteiger partial charge in [0, 0.05) is 25.9 Å². The number of hydrogen-bond acceptors (Lipinski definition) is 7. The molecular formula is C19H29N5O2S. The van der Waals surface area contributed by atoms with Crippen molar-refractivity contribution in [2.75, 3.05) is 57.6 Å². The number of aromatic nitrogens is 1. The third-order valence-corrected chi connectivity index (χ3v) is 6.07. The lowest BCUT2D eigenvalue weighted by Crippen LogP contribution is -2.37. The number of anilines is 2. The van der Waals surface area contributed by atoms with E-state index in [0.29, 0.717) is 16.5 Å². The van der Waals surface area contributed by atoms with Gasteiger partial charge in [0.2, 0.25) is 0 Å². The molecule has 1 saturated heterocycles. The number of nitrogen functional groups attached to an aromatic ring is 1. The molecule has 1 atom stereocenters. The molecule has 0 saturated carbocycles. The van der Waals surface area contributed by atoms with E-state index in [2.05, 4.69) is 28.9 Å². The third-order valence-electron chi connectivity index (χ3n) is 4.94. The maximum Gasteiger partial charge on any atom is 0.260 e. The fourth-order valence-corrected chi connectivity index (χ4v) is 4.56. The summed E-state index contributed by atoms with van der Waals surface area (Å²) < 4.78 is 5.91. The Kier molecular flexibility index (Phi) is 6.51. The minimum absolute atomic E-state index is 0.391. The molecule has 1 aliphatic rings. The minimum Gasteiger partial charge on any atom is -0.397 e. The molecule has 27 heavy (non-hydrogen) atoms. The molecule has 0 radical (unpaired) electrons. The van der Waals surface area contributed by atoms with Crippen LogP contribution >= 0.6 is 11.3 Å². The Bertz CT molecular complexity index is 792. The first-order chi connectivity index (χ1) is 13.0. The van der Waals surface area contributed by atoms with E-state index in [1.807, 2.05) is 6.07 Å². The zero-order valence-corrected chi connectivity index (χ0v) is 16.9. The molecule has 3 heterocycles. The van der Waals surface area contributed by atoms with Crippen molar-refractivity contribution in [2.45, 2.75) is 19.3 Å². The Balaban J connectivity index is 1.68. The van der Waals surface area contributed by atoms with Gasteiger partial charge in [-0.3, -0.25) is 4.79 Å². The van der Waals surface area contributed by atoms with Crippen LogP contribution in [0.4, 0.5) is 11.4 Å². The number of ether oxygens (including phenoxy) is 1. The molecule has 8 heteroatoms. The molecule has 0 bridgehead atoms. The van der Waals surface area contributed by atoms with Crippen LogP contribution in [0, 0.1) is 5.92 Å². The van der Waals surface area contributed by atoms with Gasteiger partial charge in [0.25, 0.3) is 5.91 Å². The highest BCUT2D eigenvalue weighted by molar-refractivity contribution is 7.21. The summed E-state index contributed by atoms with van der Waals surface area (Å²) >= 11 is 1.27. The standard InChI is InChI=1S/C19H29N5O2S/c1-23(2)8-4-10-26-12-13-5-3-9-24(11-13)14-6-7-22-19-15(14)16(20)17(27-19)18(21)25/h6-7,13H,3-5,8-12,20H2,1-2H3,(H2,21,25). The predicted molar refractivity (Wildman–Crippen MR) is 111 cm³/mol. The van der Waals surface area contributed by atoms with E-state index in [1.54, 1.807) is 6.20 Å². The highest BCUT2D eigenvalue weighted by atomic mass is 32.1. The van der Waals surface area contributed by atoms with Crippen LogP contribution in [0.15, 0.2) is 12.3 Å². The second-order valence-electron chi connectivity index (χ2n) is 7.41. The Morgan fingerprint density at radius 1 is 1.48 bits per heavy atom. The predicted octanol–water partition coefficient (Wildman–Crippen LogP) is 2.16. The zero-order chi connectivity index (χ0) is 19.4. The lowest BCUT2D eigenvalue weighted by atomic mass is 9.98. The van der Waals surface area contributed by atoms with Crippen molar-refractivity contribution >= 4 is 38.8 Å². The average Bonchev–Trinajstić information content (AvgIpc) is 2.99. The van der Waals surface area contributed by atoms with E-state index in [0.717, 1.165) is 61.6 Å². The number of rotatable bonds is 8. The monoisotopic (exact) mass is 391 g/mol. The maximum absolute atomic E-state index is 11.6. The topological polar surface area (TPSA) is 97.7 Å². The number of hydrogen-bond donors (Lipinski definition) is 2. The normalized spacial score (nSPS) is 17.7. The van der Waals surface area contributed by atoms with Crippen LogP contribution < -0.4 is 16.4 Å². The number of carbonyl (C=O) groups is 1. The van der Waals surface area contributed by atoms with Gasteiger partial charge in [-0.2, -0.15) is 0 Å². The molecular weight excluding hydrogens is 362 g/mol. The smallest absolute Gasteiger partial charge is 0.260 e. The molecule has 0 aromatic carbocycles. The van der Waals surface area contributed by atoms with Crippen LogP contribution in [-0.4, -0.2) is 62.7 Å². The largest absolute Gasteiger partial charge is 0.397 e. The van der Waals surface area contributed by atoms with Gasteiger partial charge in [-0.15, -0.1) is 11.3 Å². The molecule has 2 aromatic rings. The second kappa shape index (κ2) is 8.86. The molecule has 1 fully saturated rings. The highest BCUT2D eigenvalue weighted by Crippen LogP contribution is 2.39. The average molecular weight is 392 g/mol. The molecule has 1 amide bonds. The van der Waals surface area contributed by atoms with E-state index in [-0.39, 0.29) is 0 Å².